The molecule has 25 heavy (non-hydrogen) atoms. The molecule has 5 heteroatoms. The molecular weight excluding hydrogens is 336 g/mol. The van der Waals surface area contributed by atoms with Crippen molar-refractivity contribution in [1.29, 1.82) is 0 Å². The summed E-state index contributed by atoms with van der Waals surface area (Å²) in [5.74, 6) is -0.732. The summed E-state index contributed by atoms with van der Waals surface area (Å²) in [6.07, 6.45) is 1.12. The van der Waals surface area contributed by atoms with Gasteiger partial charge in [0.25, 0.3) is 0 Å². The van der Waals surface area contributed by atoms with Crippen LogP contribution >= 0.6 is 11.6 Å². The fourth-order valence-electron chi connectivity index (χ4n) is 3.29. The van der Waals surface area contributed by atoms with E-state index in [0.717, 1.165) is 36.6 Å². The Bertz CT molecular complexity index is 701. The van der Waals surface area contributed by atoms with Gasteiger partial charge in [-0.1, -0.05) is 48.0 Å². The summed E-state index contributed by atoms with van der Waals surface area (Å²) in [6.45, 7) is 3.34. The lowest BCUT2D eigenvalue weighted by molar-refractivity contribution is -0.137. The summed E-state index contributed by atoms with van der Waals surface area (Å²) in [6, 6.07) is 16.8. The van der Waals surface area contributed by atoms with Crippen molar-refractivity contribution in [2.75, 3.05) is 26.2 Å². The fraction of sp³-hybridized carbons (Fsp3) is 0.350. The molecule has 3 rings (SSSR count). The second-order valence-electron chi connectivity index (χ2n) is 6.45. The number of halogens is 1. The average Bonchev–Trinajstić information content (AvgIpc) is 2.62. The number of hydrogen-bond donors (Lipinski definition) is 2. The zero-order chi connectivity index (χ0) is 17.6. The second-order valence-corrected chi connectivity index (χ2v) is 6.88. The molecule has 4 nitrogen and oxygen atoms in total. The van der Waals surface area contributed by atoms with E-state index in [4.69, 9.17) is 16.7 Å². The van der Waals surface area contributed by atoms with Crippen LogP contribution in [0.2, 0.25) is 5.02 Å². The number of carbonyl (C=O) groups is 1. The molecule has 1 fully saturated rings. The van der Waals surface area contributed by atoms with Crippen LogP contribution in [0.5, 0.6) is 0 Å². The van der Waals surface area contributed by atoms with Gasteiger partial charge >= 0.3 is 5.97 Å². The van der Waals surface area contributed by atoms with Crippen molar-refractivity contribution < 1.29 is 9.90 Å². The third-order valence-corrected chi connectivity index (χ3v) is 4.94. The molecule has 1 aliphatic heterocycles. The van der Waals surface area contributed by atoms with E-state index in [-0.39, 0.29) is 6.42 Å². The van der Waals surface area contributed by atoms with Gasteiger partial charge in [0, 0.05) is 37.2 Å². The summed E-state index contributed by atoms with van der Waals surface area (Å²) in [4.78, 5) is 13.1. The van der Waals surface area contributed by atoms with Gasteiger partial charge < -0.3 is 10.4 Å². The molecule has 1 atom stereocenters. The minimum absolute atomic E-state index is 0.200. The topological polar surface area (TPSA) is 52.6 Å². The molecule has 1 unspecified atom stereocenters. The van der Waals surface area contributed by atoms with Gasteiger partial charge in [-0.05, 0) is 35.2 Å². The highest BCUT2D eigenvalue weighted by Crippen LogP contribution is 2.22. The highest BCUT2D eigenvalue weighted by molar-refractivity contribution is 6.30. The van der Waals surface area contributed by atoms with Crippen LogP contribution in [0.1, 0.15) is 12.0 Å². The van der Waals surface area contributed by atoms with E-state index in [0.29, 0.717) is 12.6 Å². The lowest BCUT2D eigenvalue weighted by Crippen LogP contribution is -2.52. The highest BCUT2D eigenvalue weighted by atomic mass is 35.5. The molecule has 0 aliphatic carbocycles. The number of nitrogens with one attached hydrogen (secondary N) is 1. The normalized spacial score (nSPS) is 18.2. The molecule has 0 saturated carbocycles. The molecule has 0 aromatic heterocycles. The van der Waals surface area contributed by atoms with E-state index in [1.807, 2.05) is 24.3 Å². The quantitative estimate of drug-likeness (QED) is 0.832. The van der Waals surface area contributed by atoms with Crippen molar-refractivity contribution in [2.24, 2.45) is 0 Å². The maximum Gasteiger partial charge on any atom is 0.304 e. The minimum atomic E-state index is -0.732. The summed E-state index contributed by atoms with van der Waals surface area (Å²) in [5.41, 5.74) is 3.59. The van der Waals surface area contributed by atoms with E-state index in [2.05, 4.69) is 34.5 Å². The minimum Gasteiger partial charge on any atom is -0.481 e. The SMILES string of the molecule is O=C(O)CCN1CCNCC1Cc1ccc(-c2ccc(Cl)cc2)cc1. The summed E-state index contributed by atoms with van der Waals surface area (Å²) in [7, 11) is 0. The maximum absolute atomic E-state index is 10.8. The number of benzene rings is 2. The summed E-state index contributed by atoms with van der Waals surface area (Å²) < 4.78 is 0. The molecule has 0 spiro atoms. The number of carboxylic acid groups (broad SMARTS) is 1. The Hall–Kier alpha value is -1.88. The Balaban J connectivity index is 1.65. The first-order chi connectivity index (χ1) is 12.1. The first-order valence-corrected chi connectivity index (χ1v) is 9.01. The maximum atomic E-state index is 10.8. The van der Waals surface area contributed by atoms with E-state index < -0.39 is 5.97 Å². The van der Waals surface area contributed by atoms with Crippen molar-refractivity contribution in [3.8, 4) is 11.1 Å². The Kier molecular flexibility index (Phi) is 6.08. The number of carboxylic acids is 1. The Morgan fingerprint density at radius 1 is 1.12 bits per heavy atom. The van der Waals surface area contributed by atoms with Crippen LogP contribution in [0.3, 0.4) is 0 Å². The molecule has 2 aromatic carbocycles. The van der Waals surface area contributed by atoms with Gasteiger partial charge in [0.15, 0.2) is 0 Å². The smallest absolute Gasteiger partial charge is 0.304 e. The van der Waals surface area contributed by atoms with Crippen LogP contribution < -0.4 is 5.32 Å². The average molecular weight is 359 g/mol. The van der Waals surface area contributed by atoms with Crippen LogP contribution in [-0.4, -0.2) is 48.2 Å². The van der Waals surface area contributed by atoms with E-state index in [9.17, 15) is 4.79 Å². The van der Waals surface area contributed by atoms with Crippen LogP contribution in [0, 0.1) is 0 Å². The largest absolute Gasteiger partial charge is 0.481 e. The first kappa shape index (κ1) is 17.9. The van der Waals surface area contributed by atoms with Gasteiger partial charge in [0.05, 0.1) is 6.42 Å². The van der Waals surface area contributed by atoms with Crippen molar-refractivity contribution in [1.82, 2.24) is 10.2 Å². The molecule has 2 aromatic rings. The predicted molar refractivity (Wildman–Crippen MR) is 101 cm³/mol. The van der Waals surface area contributed by atoms with Gasteiger partial charge in [-0.2, -0.15) is 0 Å². The Morgan fingerprint density at radius 3 is 2.40 bits per heavy atom. The Labute approximate surface area is 153 Å². The number of piperazine rings is 1. The first-order valence-electron chi connectivity index (χ1n) is 8.63. The lowest BCUT2D eigenvalue weighted by atomic mass is 9.99. The van der Waals surface area contributed by atoms with Gasteiger partial charge in [0.1, 0.15) is 0 Å². The third-order valence-electron chi connectivity index (χ3n) is 4.69. The standard InChI is InChI=1S/C20H23ClN2O2/c21-18-7-5-17(6-8-18)16-3-1-15(2-4-16)13-19-14-22-10-12-23(19)11-9-20(24)25/h1-8,19,22H,9-14H2,(H,24,25). The van der Waals surface area contributed by atoms with Gasteiger partial charge in [-0.3, -0.25) is 9.69 Å². The second kappa shape index (κ2) is 8.48. The predicted octanol–water partition coefficient (Wildman–Crippen LogP) is 3.30. The van der Waals surface area contributed by atoms with E-state index >= 15 is 0 Å². The number of aliphatic carboxylic acids is 1. The van der Waals surface area contributed by atoms with Crippen LogP contribution in [0.25, 0.3) is 11.1 Å². The molecule has 1 aliphatic rings. The highest BCUT2D eigenvalue weighted by Gasteiger charge is 2.22. The van der Waals surface area contributed by atoms with E-state index in [1.165, 1.54) is 11.1 Å². The number of rotatable bonds is 6. The van der Waals surface area contributed by atoms with Gasteiger partial charge in [-0.25, -0.2) is 0 Å². The van der Waals surface area contributed by atoms with Crippen LogP contribution in [0.15, 0.2) is 48.5 Å². The van der Waals surface area contributed by atoms with Crippen molar-refractivity contribution in [2.45, 2.75) is 18.9 Å². The molecular formula is C20H23ClN2O2. The lowest BCUT2D eigenvalue weighted by Gasteiger charge is -2.36. The van der Waals surface area contributed by atoms with E-state index in [1.54, 1.807) is 0 Å². The third kappa shape index (κ3) is 5.05. The van der Waals surface area contributed by atoms with Crippen LogP contribution in [-0.2, 0) is 11.2 Å². The molecule has 0 bridgehead atoms. The van der Waals surface area contributed by atoms with Crippen LogP contribution in [0.4, 0.5) is 0 Å². The fourth-order valence-corrected chi connectivity index (χ4v) is 3.41. The number of nitrogens with zero attached hydrogens (tertiary/aromatic N) is 1. The van der Waals surface area contributed by atoms with Crippen molar-refractivity contribution in [3.05, 3.63) is 59.1 Å². The van der Waals surface area contributed by atoms with Gasteiger partial charge in [0.2, 0.25) is 0 Å². The molecule has 0 amide bonds. The molecule has 0 radical (unpaired) electrons. The van der Waals surface area contributed by atoms with Crippen molar-refractivity contribution in [3.63, 3.8) is 0 Å². The summed E-state index contributed by atoms with van der Waals surface area (Å²) >= 11 is 5.94. The summed E-state index contributed by atoms with van der Waals surface area (Å²) in [5, 5.41) is 13.1. The molecule has 1 heterocycles. The Morgan fingerprint density at radius 2 is 1.76 bits per heavy atom. The van der Waals surface area contributed by atoms with Crippen molar-refractivity contribution >= 4 is 17.6 Å². The zero-order valence-corrected chi connectivity index (χ0v) is 14.9. The molecule has 132 valence electrons. The number of hydrogen-bond acceptors (Lipinski definition) is 3. The monoisotopic (exact) mass is 358 g/mol. The molecule has 1 saturated heterocycles. The molecule has 2 N–H and O–H groups in total. The van der Waals surface area contributed by atoms with Gasteiger partial charge in [-0.15, -0.1) is 0 Å². The zero-order valence-electron chi connectivity index (χ0n) is 14.1.